The zero-order chi connectivity index (χ0) is 22.0. The summed E-state index contributed by atoms with van der Waals surface area (Å²) in [6, 6.07) is 28.5. The fourth-order valence-electron chi connectivity index (χ4n) is 3.80. The van der Waals surface area contributed by atoms with Gasteiger partial charge in [-0.05, 0) is 67.2 Å². The van der Waals surface area contributed by atoms with Crippen LogP contribution < -0.4 is 20.3 Å². The number of hydrogen-bond donors (Lipinski definition) is 2. The highest BCUT2D eigenvalue weighted by Gasteiger charge is 2.16. The van der Waals surface area contributed by atoms with E-state index in [1.165, 1.54) is 5.69 Å². The van der Waals surface area contributed by atoms with Crippen molar-refractivity contribution >= 4 is 34.4 Å². The summed E-state index contributed by atoms with van der Waals surface area (Å²) >= 11 is 5.37. The minimum Gasteiger partial charge on any atom is -0.494 e. The quantitative estimate of drug-likeness (QED) is 0.371. The SMILES string of the molecule is S=C(Nc1ccccc1)Nc1ccc(OCCCN2CCN(c3ccccc3)CC2)cc1. The Morgan fingerprint density at radius 1 is 0.750 bits per heavy atom. The first-order valence-corrected chi connectivity index (χ1v) is 11.6. The molecule has 0 aromatic heterocycles. The summed E-state index contributed by atoms with van der Waals surface area (Å²) in [7, 11) is 0. The molecule has 32 heavy (non-hydrogen) atoms. The van der Waals surface area contributed by atoms with E-state index >= 15 is 0 Å². The van der Waals surface area contributed by atoms with Crippen LogP contribution in [0.25, 0.3) is 0 Å². The summed E-state index contributed by atoms with van der Waals surface area (Å²) in [6.07, 6.45) is 1.02. The second-order valence-corrected chi connectivity index (χ2v) is 8.24. The van der Waals surface area contributed by atoms with E-state index in [-0.39, 0.29) is 0 Å². The number of anilines is 3. The lowest BCUT2D eigenvalue weighted by Crippen LogP contribution is -2.46. The van der Waals surface area contributed by atoms with Gasteiger partial charge in [-0.3, -0.25) is 4.90 Å². The van der Waals surface area contributed by atoms with Crippen LogP contribution in [0.4, 0.5) is 17.1 Å². The highest BCUT2D eigenvalue weighted by Crippen LogP contribution is 2.18. The molecule has 1 heterocycles. The van der Waals surface area contributed by atoms with Gasteiger partial charge in [0.25, 0.3) is 0 Å². The number of nitrogens with zero attached hydrogens (tertiary/aromatic N) is 2. The molecular formula is C26H30N4OS. The monoisotopic (exact) mass is 446 g/mol. The Balaban J connectivity index is 1.12. The Hall–Kier alpha value is -3.09. The van der Waals surface area contributed by atoms with Gasteiger partial charge < -0.3 is 20.3 Å². The average molecular weight is 447 g/mol. The Kier molecular flexibility index (Phi) is 7.95. The summed E-state index contributed by atoms with van der Waals surface area (Å²) in [5, 5.41) is 6.94. The summed E-state index contributed by atoms with van der Waals surface area (Å²) in [5.41, 5.74) is 3.22. The first kappa shape index (κ1) is 22.1. The molecule has 166 valence electrons. The van der Waals surface area contributed by atoms with Gasteiger partial charge in [0.2, 0.25) is 0 Å². The number of rotatable bonds is 8. The van der Waals surface area contributed by atoms with Crippen molar-refractivity contribution in [3.8, 4) is 5.75 Å². The van der Waals surface area contributed by atoms with Crippen LogP contribution in [-0.2, 0) is 0 Å². The molecule has 0 radical (unpaired) electrons. The number of hydrogen-bond acceptors (Lipinski definition) is 4. The van der Waals surface area contributed by atoms with Gasteiger partial charge in [-0.25, -0.2) is 0 Å². The first-order valence-electron chi connectivity index (χ1n) is 11.1. The average Bonchev–Trinajstić information content (AvgIpc) is 2.84. The minimum absolute atomic E-state index is 0.567. The molecule has 0 aliphatic carbocycles. The molecule has 1 fully saturated rings. The van der Waals surface area contributed by atoms with Gasteiger partial charge in [0.05, 0.1) is 6.61 Å². The molecule has 0 bridgehead atoms. The van der Waals surface area contributed by atoms with Crippen molar-refractivity contribution in [3.05, 3.63) is 84.9 Å². The first-order chi connectivity index (χ1) is 15.8. The molecule has 0 atom stereocenters. The van der Waals surface area contributed by atoms with Crippen LogP contribution in [0, 0.1) is 0 Å². The van der Waals surface area contributed by atoms with Crippen LogP contribution in [0.5, 0.6) is 5.75 Å². The maximum absolute atomic E-state index is 5.93. The van der Waals surface area contributed by atoms with Gasteiger partial charge in [-0.15, -0.1) is 0 Å². The maximum atomic E-state index is 5.93. The molecule has 0 unspecified atom stereocenters. The summed E-state index contributed by atoms with van der Waals surface area (Å²) in [4.78, 5) is 4.99. The lowest BCUT2D eigenvalue weighted by Gasteiger charge is -2.36. The predicted octanol–water partition coefficient (Wildman–Crippen LogP) is 5.09. The molecule has 1 aliphatic heterocycles. The third-order valence-corrected chi connectivity index (χ3v) is 5.73. The third-order valence-electron chi connectivity index (χ3n) is 5.52. The Morgan fingerprint density at radius 2 is 1.34 bits per heavy atom. The van der Waals surface area contributed by atoms with Crippen LogP contribution >= 0.6 is 12.2 Å². The molecular weight excluding hydrogens is 416 g/mol. The molecule has 5 nitrogen and oxygen atoms in total. The van der Waals surface area contributed by atoms with Crippen LogP contribution in [-0.4, -0.2) is 49.3 Å². The van der Waals surface area contributed by atoms with Crippen molar-refractivity contribution in [3.63, 3.8) is 0 Å². The third kappa shape index (κ3) is 6.70. The number of benzene rings is 3. The van der Waals surface area contributed by atoms with Crippen LogP contribution in [0.3, 0.4) is 0 Å². The van der Waals surface area contributed by atoms with Gasteiger partial charge in [0.1, 0.15) is 5.75 Å². The van der Waals surface area contributed by atoms with Gasteiger partial charge in [0, 0.05) is 49.8 Å². The van der Waals surface area contributed by atoms with E-state index in [2.05, 4.69) is 50.8 Å². The van der Waals surface area contributed by atoms with Crippen molar-refractivity contribution < 1.29 is 4.74 Å². The Bertz CT molecular complexity index is 958. The van der Waals surface area contributed by atoms with Crippen LogP contribution in [0.1, 0.15) is 6.42 Å². The van der Waals surface area contributed by atoms with E-state index in [4.69, 9.17) is 17.0 Å². The molecule has 3 aromatic rings. The lowest BCUT2D eigenvalue weighted by atomic mass is 10.2. The largest absolute Gasteiger partial charge is 0.494 e. The minimum atomic E-state index is 0.567. The van der Waals surface area contributed by atoms with E-state index in [0.717, 1.165) is 62.9 Å². The number of para-hydroxylation sites is 2. The van der Waals surface area contributed by atoms with Crippen LogP contribution in [0.15, 0.2) is 84.9 Å². The molecule has 3 aromatic carbocycles. The maximum Gasteiger partial charge on any atom is 0.175 e. The van der Waals surface area contributed by atoms with Crippen LogP contribution in [0.2, 0.25) is 0 Å². The van der Waals surface area contributed by atoms with E-state index in [1.807, 2.05) is 54.6 Å². The van der Waals surface area contributed by atoms with E-state index < -0.39 is 0 Å². The highest BCUT2D eigenvalue weighted by atomic mass is 32.1. The summed E-state index contributed by atoms with van der Waals surface area (Å²) in [5.74, 6) is 0.881. The molecule has 6 heteroatoms. The molecule has 4 rings (SSSR count). The van der Waals surface area contributed by atoms with Crippen molar-refractivity contribution in [1.29, 1.82) is 0 Å². The van der Waals surface area contributed by atoms with Gasteiger partial charge in [-0.1, -0.05) is 36.4 Å². The molecule has 1 aliphatic rings. The number of ether oxygens (including phenoxy) is 1. The molecule has 0 spiro atoms. The van der Waals surface area contributed by atoms with Gasteiger partial charge in [0.15, 0.2) is 5.11 Å². The normalized spacial score (nSPS) is 14.1. The fraction of sp³-hybridized carbons (Fsp3) is 0.269. The second-order valence-electron chi connectivity index (χ2n) is 7.84. The highest BCUT2D eigenvalue weighted by molar-refractivity contribution is 7.80. The van der Waals surface area contributed by atoms with E-state index in [9.17, 15) is 0 Å². The zero-order valence-corrected chi connectivity index (χ0v) is 19.1. The van der Waals surface area contributed by atoms with Gasteiger partial charge in [-0.2, -0.15) is 0 Å². The topological polar surface area (TPSA) is 39.8 Å². The zero-order valence-electron chi connectivity index (χ0n) is 18.2. The van der Waals surface area contributed by atoms with E-state index in [1.54, 1.807) is 0 Å². The summed E-state index contributed by atoms with van der Waals surface area (Å²) < 4.78 is 5.93. The van der Waals surface area contributed by atoms with Gasteiger partial charge >= 0.3 is 0 Å². The second kappa shape index (κ2) is 11.5. The van der Waals surface area contributed by atoms with Crippen molar-refractivity contribution in [1.82, 2.24) is 4.90 Å². The number of nitrogens with one attached hydrogen (secondary N) is 2. The smallest absolute Gasteiger partial charge is 0.175 e. The molecule has 1 saturated heterocycles. The Labute approximate surface area is 196 Å². The van der Waals surface area contributed by atoms with Crippen molar-refractivity contribution in [2.24, 2.45) is 0 Å². The molecule has 2 N–H and O–H groups in total. The lowest BCUT2D eigenvalue weighted by molar-refractivity contribution is 0.225. The van der Waals surface area contributed by atoms with Crippen molar-refractivity contribution in [2.75, 3.05) is 54.9 Å². The van der Waals surface area contributed by atoms with Crippen molar-refractivity contribution in [2.45, 2.75) is 6.42 Å². The standard InChI is InChI=1S/C26H30N4OS/c32-26(27-22-8-3-1-4-9-22)28-23-12-14-25(15-13-23)31-21-7-16-29-17-19-30(20-18-29)24-10-5-2-6-11-24/h1-6,8-15H,7,16-21H2,(H2,27,28,32). The fourth-order valence-corrected chi connectivity index (χ4v) is 4.03. The van der Waals surface area contributed by atoms with E-state index in [0.29, 0.717) is 5.11 Å². The number of piperazine rings is 1. The predicted molar refractivity (Wildman–Crippen MR) is 138 cm³/mol. The molecule has 0 amide bonds. The summed E-state index contributed by atoms with van der Waals surface area (Å²) in [6.45, 7) is 6.17. The number of thiocarbonyl (C=S) groups is 1. The Morgan fingerprint density at radius 3 is 2.00 bits per heavy atom. The molecule has 0 saturated carbocycles.